The molecule has 104 valence electrons. The number of carbonyl (C=O) groups excluding carboxylic acids is 1. The number of rotatable bonds is 4. The Hall–Kier alpha value is -2.39. The van der Waals surface area contributed by atoms with Crippen molar-refractivity contribution in [3.63, 3.8) is 0 Å². The molecule has 0 spiro atoms. The third-order valence-corrected chi connectivity index (χ3v) is 3.37. The van der Waals surface area contributed by atoms with Crippen LogP contribution in [0.15, 0.2) is 54.6 Å². The minimum Gasteiger partial charge on any atom is -0.487 e. The van der Waals surface area contributed by atoms with Crippen molar-refractivity contribution in [3.05, 3.63) is 70.9 Å². The van der Waals surface area contributed by atoms with Gasteiger partial charge in [-0.05, 0) is 30.3 Å². The Bertz CT molecular complexity index is 802. The number of hydrogen-bond acceptors (Lipinski definition) is 3. The highest BCUT2D eigenvalue weighted by Gasteiger charge is 2.05. The van der Waals surface area contributed by atoms with Gasteiger partial charge in [0.1, 0.15) is 12.4 Å². The zero-order valence-electron chi connectivity index (χ0n) is 11.1. The number of benzene rings is 2. The summed E-state index contributed by atoms with van der Waals surface area (Å²) in [6.45, 7) is 0.299. The number of carbonyl (C=O) groups is 1. The van der Waals surface area contributed by atoms with E-state index in [-0.39, 0.29) is 0 Å². The van der Waals surface area contributed by atoms with E-state index < -0.39 is 0 Å². The van der Waals surface area contributed by atoms with E-state index in [9.17, 15) is 4.79 Å². The van der Waals surface area contributed by atoms with Crippen LogP contribution < -0.4 is 4.74 Å². The predicted octanol–water partition coefficient (Wildman–Crippen LogP) is 4.28. The number of aldehydes is 1. The molecule has 3 rings (SSSR count). The smallest absolute Gasteiger partial charge is 0.153 e. The van der Waals surface area contributed by atoms with Crippen molar-refractivity contribution < 1.29 is 9.53 Å². The third kappa shape index (κ3) is 3.03. The van der Waals surface area contributed by atoms with Gasteiger partial charge in [-0.2, -0.15) is 0 Å². The Morgan fingerprint density at radius 1 is 1.10 bits per heavy atom. The largest absolute Gasteiger partial charge is 0.487 e. The fraction of sp³-hybridized carbons (Fsp3) is 0.0588. The van der Waals surface area contributed by atoms with Gasteiger partial charge in [-0.15, -0.1) is 0 Å². The number of aromatic nitrogens is 1. The van der Waals surface area contributed by atoms with Crippen LogP contribution in [0.5, 0.6) is 5.75 Å². The molecule has 3 aromatic rings. The monoisotopic (exact) mass is 297 g/mol. The Balaban J connectivity index is 1.81. The maximum absolute atomic E-state index is 11.0. The van der Waals surface area contributed by atoms with Crippen LogP contribution in [0.25, 0.3) is 10.9 Å². The number of fused-ring (bicyclic) bond motifs is 1. The number of pyridine rings is 1. The lowest BCUT2D eigenvalue weighted by molar-refractivity contribution is 0.111. The Labute approximate surface area is 127 Å². The minimum atomic E-state index is 0.299. The predicted molar refractivity (Wildman–Crippen MR) is 82.9 cm³/mol. The second kappa shape index (κ2) is 5.94. The lowest BCUT2D eigenvalue weighted by Gasteiger charge is -2.09. The van der Waals surface area contributed by atoms with Gasteiger partial charge in [0, 0.05) is 10.4 Å². The molecular weight excluding hydrogens is 286 g/mol. The Morgan fingerprint density at radius 3 is 2.81 bits per heavy atom. The Kier molecular flexibility index (Phi) is 3.84. The first-order valence-corrected chi connectivity index (χ1v) is 6.86. The van der Waals surface area contributed by atoms with Gasteiger partial charge in [-0.25, -0.2) is 4.98 Å². The summed E-state index contributed by atoms with van der Waals surface area (Å²) >= 11 is 5.85. The summed E-state index contributed by atoms with van der Waals surface area (Å²) in [7, 11) is 0. The SMILES string of the molecule is O=Cc1cc(Cl)ccc1OCc1ccc2ccccc2n1. The van der Waals surface area contributed by atoms with E-state index in [1.807, 2.05) is 36.4 Å². The van der Waals surface area contributed by atoms with Crippen LogP contribution in [0, 0.1) is 0 Å². The summed E-state index contributed by atoms with van der Waals surface area (Å²) in [5.74, 6) is 0.504. The van der Waals surface area contributed by atoms with Crippen LogP contribution in [0.2, 0.25) is 5.02 Å². The quantitative estimate of drug-likeness (QED) is 0.675. The van der Waals surface area contributed by atoms with Gasteiger partial charge in [0.2, 0.25) is 0 Å². The van der Waals surface area contributed by atoms with Crippen molar-refractivity contribution in [3.8, 4) is 5.75 Å². The molecule has 1 heterocycles. The third-order valence-electron chi connectivity index (χ3n) is 3.13. The molecule has 0 amide bonds. The molecule has 0 fully saturated rings. The average molecular weight is 298 g/mol. The molecule has 3 nitrogen and oxygen atoms in total. The molecule has 0 radical (unpaired) electrons. The molecule has 0 aliphatic carbocycles. The molecule has 1 aromatic heterocycles. The van der Waals surface area contributed by atoms with Crippen molar-refractivity contribution in [1.82, 2.24) is 4.98 Å². The lowest BCUT2D eigenvalue weighted by atomic mass is 10.2. The van der Waals surface area contributed by atoms with E-state index in [1.54, 1.807) is 18.2 Å². The molecule has 0 aliphatic heterocycles. The molecule has 0 bridgehead atoms. The van der Waals surface area contributed by atoms with E-state index in [2.05, 4.69) is 4.98 Å². The van der Waals surface area contributed by atoms with Gasteiger partial charge in [-0.1, -0.05) is 35.9 Å². The maximum Gasteiger partial charge on any atom is 0.153 e. The summed E-state index contributed by atoms with van der Waals surface area (Å²) in [4.78, 5) is 15.5. The first-order chi connectivity index (χ1) is 10.3. The number of hydrogen-bond donors (Lipinski definition) is 0. The highest BCUT2D eigenvalue weighted by molar-refractivity contribution is 6.30. The molecule has 0 saturated carbocycles. The molecule has 0 N–H and O–H groups in total. The maximum atomic E-state index is 11.0. The van der Waals surface area contributed by atoms with E-state index >= 15 is 0 Å². The molecule has 0 atom stereocenters. The topological polar surface area (TPSA) is 39.2 Å². The standard InChI is InChI=1S/C17H12ClNO2/c18-14-6-8-17(13(9-14)10-20)21-11-15-7-5-12-3-1-2-4-16(12)19-15/h1-10H,11H2. The molecule has 0 aliphatic rings. The van der Waals surface area contributed by atoms with E-state index in [0.29, 0.717) is 22.9 Å². The molecule has 0 unspecified atom stereocenters. The minimum absolute atomic E-state index is 0.299. The number of nitrogens with zero attached hydrogens (tertiary/aromatic N) is 1. The molecule has 2 aromatic carbocycles. The summed E-state index contributed by atoms with van der Waals surface area (Å²) in [5, 5.41) is 1.59. The molecule has 0 saturated heterocycles. The van der Waals surface area contributed by atoms with Crippen molar-refractivity contribution in [2.24, 2.45) is 0 Å². The zero-order valence-corrected chi connectivity index (χ0v) is 11.9. The van der Waals surface area contributed by atoms with Gasteiger partial charge in [0.15, 0.2) is 6.29 Å². The van der Waals surface area contributed by atoms with Crippen molar-refractivity contribution in [2.45, 2.75) is 6.61 Å². The van der Waals surface area contributed by atoms with E-state index in [0.717, 1.165) is 22.9 Å². The van der Waals surface area contributed by atoms with Gasteiger partial charge < -0.3 is 4.74 Å². The van der Waals surface area contributed by atoms with Gasteiger partial charge in [0.05, 0.1) is 16.8 Å². The van der Waals surface area contributed by atoms with E-state index in [1.165, 1.54) is 0 Å². The van der Waals surface area contributed by atoms with Crippen LogP contribution in [-0.4, -0.2) is 11.3 Å². The summed E-state index contributed by atoms with van der Waals surface area (Å²) in [6.07, 6.45) is 0.731. The lowest BCUT2D eigenvalue weighted by Crippen LogP contribution is -2.00. The normalized spacial score (nSPS) is 10.5. The zero-order chi connectivity index (χ0) is 14.7. The van der Waals surface area contributed by atoms with Gasteiger partial charge in [-0.3, -0.25) is 4.79 Å². The highest BCUT2D eigenvalue weighted by Crippen LogP contribution is 2.22. The van der Waals surface area contributed by atoms with E-state index in [4.69, 9.17) is 16.3 Å². The summed E-state index contributed by atoms with van der Waals surface area (Å²) < 4.78 is 5.67. The molecular formula is C17H12ClNO2. The van der Waals surface area contributed by atoms with Crippen molar-refractivity contribution >= 4 is 28.8 Å². The van der Waals surface area contributed by atoms with Crippen LogP contribution in [0.3, 0.4) is 0 Å². The van der Waals surface area contributed by atoms with Crippen LogP contribution in [0.4, 0.5) is 0 Å². The van der Waals surface area contributed by atoms with Crippen molar-refractivity contribution in [2.75, 3.05) is 0 Å². The molecule has 4 heteroatoms. The van der Waals surface area contributed by atoms with Crippen LogP contribution >= 0.6 is 11.6 Å². The highest BCUT2D eigenvalue weighted by atomic mass is 35.5. The summed E-state index contributed by atoms with van der Waals surface area (Å²) in [5.41, 5.74) is 2.16. The van der Waals surface area contributed by atoms with Gasteiger partial charge >= 0.3 is 0 Å². The number of para-hydroxylation sites is 1. The Morgan fingerprint density at radius 2 is 1.95 bits per heavy atom. The van der Waals surface area contributed by atoms with Crippen LogP contribution in [-0.2, 0) is 6.61 Å². The summed E-state index contributed by atoms with van der Waals surface area (Å²) in [6, 6.07) is 16.8. The second-order valence-corrected chi connectivity index (χ2v) is 5.02. The number of halogens is 1. The van der Waals surface area contributed by atoms with Gasteiger partial charge in [0.25, 0.3) is 0 Å². The fourth-order valence-corrected chi connectivity index (χ4v) is 2.26. The van der Waals surface area contributed by atoms with Crippen molar-refractivity contribution in [1.29, 1.82) is 0 Å². The average Bonchev–Trinajstić information content (AvgIpc) is 2.53. The van der Waals surface area contributed by atoms with Crippen LogP contribution in [0.1, 0.15) is 16.1 Å². The first kappa shape index (κ1) is 13.6. The fourth-order valence-electron chi connectivity index (χ4n) is 2.08. The number of ether oxygens (including phenoxy) is 1. The first-order valence-electron chi connectivity index (χ1n) is 6.48. The second-order valence-electron chi connectivity index (χ2n) is 4.58. The molecule has 21 heavy (non-hydrogen) atoms.